The second-order valence-electron chi connectivity index (χ2n) is 6.35. The number of benzene rings is 1. The van der Waals surface area contributed by atoms with Crippen molar-refractivity contribution in [3.8, 4) is 5.69 Å². The summed E-state index contributed by atoms with van der Waals surface area (Å²) in [5.74, 6) is 0.250. The van der Waals surface area contributed by atoms with Crippen LogP contribution in [0.15, 0.2) is 41.8 Å². The van der Waals surface area contributed by atoms with Crippen LogP contribution >= 0.6 is 11.8 Å². The van der Waals surface area contributed by atoms with Gasteiger partial charge < -0.3 is 10.4 Å². The Morgan fingerprint density at radius 3 is 2.83 bits per heavy atom. The summed E-state index contributed by atoms with van der Waals surface area (Å²) in [7, 11) is 0. The van der Waals surface area contributed by atoms with Crippen molar-refractivity contribution in [2.24, 2.45) is 0 Å². The molecule has 2 N–H and O–H groups in total. The maximum atomic E-state index is 12.3. The molecular formula is C18H23N3O2S. The van der Waals surface area contributed by atoms with E-state index < -0.39 is 5.54 Å². The number of hydrogen-bond donors (Lipinski definition) is 2. The lowest BCUT2D eigenvalue weighted by Crippen LogP contribution is -2.49. The third-order valence-corrected chi connectivity index (χ3v) is 5.55. The standard InChI is InChI=1S/C18H23N3O2S/c1-14-6-2-3-7-15(14)21-11-10-19-17(21)24-12-16(23)20-18(13-22)8-4-5-9-18/h2-3,6-7,10-11,22H,4-5,8-9,12-13H2,1H3,(H,20,23). The molecule has 1 aromatic carbocycles. The van der Waals surface area contributed by atoms with Crippen molar-refractivity contribution < 1.29 is 9.90 Å². The smallest absolute Gasteiger partial charge is 0.230 e. The fraction of sp³-hybridized carbons (Fsp3) is 0.444. The molecule has 1 aromatic heterocycles. The van der Waals surface area contributed by atoms with E-state index in [0.29, 0.717) is 5.75 Å². The molecule has 0 aliphatic heterocycles. The number of imidazole rings is 1. The number of aromatic nitrogens is 2. The molecule has 6 heteroatoms. The second-order valence-corrected chi connectivity index (χ2v) is 7.29. The van der Waals surface area contributed by atoms with Gasteiger partial charge in [-0.1, -0.05) is 42.8 Å². The van der Waals surface area contributed by atoms with Gasteiger partial charge in [0.25, 0.3) is 0 Å². The quantitative estimate of drug-likeness (QED) is 0.790. The van der Waals surface area contributed by atoms with Crippen LogP contribution in [-0.2, 0) is 4.79 Å². The van der Waals surface area contributed by atoms with E-state index in [0.717, 1.165) is 42.1 Å². The van der Waals surface area contributed by atoms with Crippen LogP contribution in [0, 0.1) is 6.92 Å². The number of carbonyl (C=O) groups excluding carboxylic acids is 1. The number of hydrogen-bond acceptors (Lipinski definition) is 4. The summed E-state index contributed by atoms with van der Waals surface area (Å²) < 4.78 is 2.00. The number of nitrogens with one attached hydrogen (secondary N) is 1. The number of amides is 1. The second kappa shape index (κ2) is 7.40. The molecule has 0 atom stereocenters. The lowest BCUT2D eigenvalue weighted by Gasteiger charge is -2.27. The predicted octanol–water partition coefficient (Wildman–Crippen LogP) is 2.69. The van der Waals surface area contributed by atoms with Crippen LogP contribution in [0.1, 0.15) is 31.2 Å². The molecule has 0 radical (unpaired) electrons. The third-order valence-electron chi connectivity index (χ3n) is 4.58. The maximum absolute atomic E-state index is 12.3. The van der Waals surface area contributed by atoms with Gasteiger partial charge in [-0.3, -0.25) is 9.36 Å². The van der Waals surface area contributed by atoms with Crippen molar-refractivity contribution in [2.45, 2.75) is 43.3 Å². The van der Waals surface area contributed by atoms with E-state index in [2.05, 4.69) is 23.3 Å². The van der Waals surface area contributed by atoms with E-state index in [9.17, 15) is 9.90 Å². The maximum Gasteiger partial charge on any atom is 0.230 e. The van der Waals surface area contributed by atoms with Crippen LogP contribution in [-0.4, -0.2) is 38.5 Å². The summed E-state index contributed by atoms with van der Waals surface area (Å²) in [6, 6.07) is 8.10. The first-order valence-corrected chi connectivity index (χ1v) is 9.26. The number of nitrogens with zero attached hydrogens (tertiary/aromatic N) is 2. The average molecular weight is 345 g/mol. The number of aryl methyl sites for hydroxylation is 1. The van der Waals surface area contributed by atoms with Gasteiger partial charge in [0.1, 0.15) is 0 Å². The molecule has 0 bridgehead atoms. The van der Waals surface area contributed by atoms with E-state index in [1.165, 1.54) is 11.8 Å². The molecule has 1 aliphatic carbocycles. The topological polar surface area (TPSA) is 67.2 Å². The van der Waals surface area contributed by atoms with Crippen LogP contribution in [0.4, 0.5) is 0 Å². The van der Waals surface area contributed by atoms with Gasteiger partial charge >= 0.3 is 0 Å². The summed E-state index contributed by atoms with van der Waals surface area (Å²) in [5, 5.41) is 13.4. The van der Waals surface area contributed by atoms with Crippen LogP contribution in [0.5, 0.6) is 0 Å². The number of aliphatic hydroxyl groups excluding tert-OH is 1. The summed E-state index contributed by atoms with van der Waals surface area (Å²) in [6.07, 6.45) is 7.50. The van der Waals surface area contributed by atoms with Crippen LogP contribution in [0.25, 0.3) is 5.69 Å². The number of para-hydroxylation sites is 1. The van der Waals surface area contributed by atoms with Gasteiger partial charge in [0, 0.05) is 12.4 Å². The van der Waals surface area contributed by atoms with Crippen molar-refractivity contribution in [1.29, 1.82) is 0 Å². The zero-order chi connectivity index (χ0) is 17.0. The Labute approximate surface area is 146 Å². The molecular weight excluding hydrogens is 322 g/mol. The number of rotatable bonds is 6. The Morgan fingerprint density at radius 1 is 1.38 bits per heavy atom. The summed E-state index contributed by atoms with van der Waals surface area (Å²) in [6.45, 7) is 2.07. The molecule has 24 heavy (non-hydrogen) atoms. The van der Waals surface area contributed by atoms with Crippen molar-refractivity contribution >= 4 is 17.7 Å². The zero-order valence-corrected chi connectivity index (χ0v) is 14.7. The molecule has 2 aromatic rings. The van der Waals surface area contributed by atoms with E-state index in [1.54, 1.807) is 6.20 Å². The molecule has 0 saturated heterocycles. The monoisotopic (exact) mass is 345 g/mol. The molecule has 0 unspecified atom stereocenters. The van der Waals surface area contributed by atoms with E-state index >= 15 is 0 Å². The third kappa shape index (κ3) is 3.65. The first kappa shape index (κ1) is 17.0. The summed E-state index contributed by atoms with van der Waals surface area (Å²) in [4.78, 5) is 16.7. The predicted molar refractivity (Wildman–Crippen MR) is 95.5 cm³/mol. The fourth-order valence-corrected chi connectivity index (χ4v) is 4.02. The van der Waals surface area contributed by atoms with E-state index in [4.69, 9.17) is 0 Å². The first-order valence-electron chi connectivity index (χ1n) is 8.28. The SMILES string of the molecule is Cc1ccccc1-n1ccnc1SCC(=O)NC1(CO)CCCC1. The highest BCUT2D eigenvalue weighted by Gasteiger charge is 2.34. The molecule has 3 rings (SSSR count). The summed E-state index contributed by atoms with van der Waals surface area (Å²) in [5.41, 5.74) is 1.82. The lowest BCUT2D eigenvalue weighted by atomic mass is 9.99. The normalized spacial score (nSPS) is 16.2. The summed E-state index contributed by atoms with van der Waals surface area (Å²) >= 11 is 1.42. The zero-order valence-electron chi connectivity index (χ0n) is 13.9. The highest BCUT2D eigenvalue weighted by Crippen LogP contribution is 2.29. The largest absolute Gasteiger partial charge is 0.394 e. The van der Waals surface area contributed by atoms with Crippen LogP contribution in [0.3, 0.4) is 0 Å². The molecule has 1 heterocycles. The Kier molecular flexibility index (Phi) is 5.26. The minimum Gasteiger partial charge on any atom is -0.394 e. The highest BCUT2D eigenvalue weighted by atomic mass is 32.2. The highest BCUT2D eigenvalue weighted by molar-refractivity contribution is 7.99. The Morgan fingerprint density at radius 2 is 2.12 bits per heavy atom. The fourth-order valence-electron chi connectivity index (χ4n) is 3.25. The minimum absolute atomic E-state index is 0.0151. The van der Waals surface area contributed by atoms with Gasteiger partial charge in [0.05, 0.1) is 23.6 Å². The minimum atomic E-state index is -0.414. The van der Waals surface area contributed by atoms with Crippen molar-refractivity contribution in [3.63, 3.8) is 0 Å². The number of carbonyl (C=O) groups is 1. The van der Waals surface area contributed by atoms with Gasteiger partial charge in [-0.05, 0) is 31.4 Å². The van der Waals surface area contributed by atoms with Gasteiger partial charge in [-0.2, -0.15) is 0 Å². The number of thioether (sulfide) groups is 1. The molecule has 128 valence electrons. The van der Waals surface area contributed by atoms with Gasteiger partial charge in [-0.25, -0.2) is 4.98 Å². The Balaban J connectivity index is 1.65. The van der Waals surface area contributed by atoms with Crippen molar-refractivity contribution in [3.05, 3.63) is 42.2 Å². The number of aliphatic hydroxyl groups is 1. The van der Waals surface area contributed by atoms with E-state index in [1.807, 2.05) is 29.0 Å². The molecule has 0 spiro atoms. The van der Waals surface area contributed by atoms with Gasteiger partial charge in [0.15, 0.2) is 5.16 Å². The van der Waals surface area contributed by atoms with Crippen LogP contribution in [0.2, 0.25) is 0 Å². The van der Waals surface area contributed by atoms with Crippen molar-refractivity contribution in [1.82, 2.24) is 14.9 Å². The van der Waals surface area contributed by atoms with Gasteiger partial charge in [-0.15, -0.1) is 0 Å². The molecule has 1 aliphatic rings. The molecule has 1 amide bonds. The Hall–Kier alpha value is -1.79. The average Bonchev–Trinajstić information content (AvgIpc) is 3.23. The van der Waals surface area contributed by atoms with E-state index in [-0.39, 0.29) is 12.5 Å². The Bertz CT molecular complexity index is 708. The molecule has 1 fully saturated rings. The lowest BCUT2D eigenvalue weighted by molar-refractivity contribution is -0.121. The first-order chi connectivity index (χ1) is 11.6. The van der Waals surface area contributed by atoms with Crippen LogP contribution < -0.4 is 5.32 Å². The molecule has 1 saturated carbocycles. The molecule has 5 nitrogen and oxygen atoms in total. The van der Waals surface area contributed by atoms with Crippen molar-refractivity contribution in [2.75, 3.05) is 12.4 Å². The van der Waals surface area contributed by atoms with Gasteiger partial charge in [0.2, 0.25) is 5.91 Å².